The summed E-state index contributed by atoms with van der Waals surface area (Å²) in [6, 6.07) is 11.7. The number of nitrogens with one attached hydrogen (secondary N) is 2. The number of ether oxygens (including phenoxy) is 1. The Kier molecular flexibility index (Phi) is 8.86. The second-order valence-corrected chi connectivity index (χ2v) is 10.6. The minimum atomic E-state index is -0.806. The van der Waals surface area contributed by atoms with Gasteiger partial charge in [0.1, 0.15) is 11.6 Å². The van der Waals surface area contributed by atoms with Crippen LogP contribution in [0.1, 0.15) is 43.1 Å². The first kappa shape index (κ1) is 26.6. The lowest BCUT2D eigenvalue weighted by Gasteiger charge is -2.27. The van der Waals surface area contributed by atoms with Crippen LogP contribution in [0.4, 0.5) is 10.5 Å². The Labute approximate surface area is 215 Å². The summed E-state index contributed by atoms with van der Waals surface area (Å²) in [5.74, 6) is -0.194. The Hall–Kier alpha value is -2.97. The minimum Gasteiger partial charge on any atom is -0.444 e. The van der Waals surface area contributed by atoms with E-state index in [2.05, 4.69) is 17.2 Å². The molecule has 0 bridgehead atoms. The number of fused-ring (bicyclic) bond motifs is 1. The summed E-state index contributed by atoms with van der Waals surface area (Å²) in [4.78, 5) is 41.2. The minimum absolute atomic E-state index is 0.230. The van der Waals surface area contributed by atoms with Crippen molar-refractivity contribution in [2.45, 2.75) is 50.3 Å². The number of thioether (sulfide) groups is 1. The average molecular weight is 516 g/mol. The highest BCUT2D eigenvalue weighted by atomic mass is 35.5. The van der Waals surface area contributed by atoms with Gasteiger partial charge in [0.25, 0.3) is 11.8 Å². The van der Waals surface area contributed by atoms with Crippen LogP contribution in [0, 0.1) is 0 Å². The Morgan fingerprint density at radius 2 is 1.94 bits per heavy atom. The SMILES string of the molecule is C=CCCNC(=O)c1ccc2c(c1)N(Cc1ccc(Cl)cc1)C(=O)[C@@H](NC(=O)OC(C)(C)C)CS2. The van der Waals surface area contributed by atoms with Crippen LogP contribution in [-0.4, -0.2) is 41.8 Å². The van der Waals surface area contributed by atoms with E-state index < -0.39 is 17.7 Å². The molecule has 2 aromatic rings. The standard InChI is InChI=1S/C26H30ClN3O4S/c1-5-6-13-28-23(31)18-9-12-22-21(14-18)30(15-17-7-10-19(27)11-8-17)24(32)20(16-35-22)29-25(33)34-26(2,3)4/h5,7-12,14,20H,1,6,13,15-16H2,2-4H3,(H,28,31)(H,29,33)/t20-/m0/s1. The first-order valence-electron chi connectivity index (χ1n) is 11.3. The number of carbonyl (C=O) groups is 3. The fourth-order valence-electron chi connectivity index (χ4n) is 3.42. The second-order valence-electron chi connectivity index (χ2n) is 9.08. The number of nitrogens with zero attached hydrogens (tertiary/aromatic N) is 1. The van der Waals surface area contributed by atoms with Crippen molar-refractivity contribution in [2.24, 2.45) is 0 Å². The molecule has 1 aliphatic heterocycles. The number of hydrogen-bond donors (Lipinski definition) is 2. The van der Waals surface area contributed by atoms with Crippen LogP contribution in [-0.2, 0) is 16.1 Å². The zero-order chi connectivity index (χ0) is 25.6. The van der Waals surface area contributed by atoms with Gasteiger partial charge >= 0.3 is 6.09 Å². The summed E-state index contributed by atoms with van der Waals surface area (Å²) >= 11 is 7.48. The normalized spacial score (nSPS) is 15.6. The first-order chi connectivity index (χ1) is 16.6. The monoisotopic (exact) mass is 515 g/mol. The molecule has 0 aliphatic carbocycles. The van der Waals surface area contributed by atoms with E-state index in [0.717, 1.165) is 10.5 Å². The lowest BCUT2D eigenvalue weighted by molar-refractivity contribution is -0.120. The van der Waals surface area contributed by atoms with Gasteiger partial charge in [0.2, 0.25) is 0 Å². The number of hydrogen-bond acceptors (Lipinski definition) is 5. The molecule has 35 heavy (non-hydrogen) atoms. The number of anilines is 1. The molecule has 0 unspecified atom stereocenters. The molecule has 3 rings (SSSR count). The quantitative estimate of drug-likeness (QED) is 0.392. The Morgan fingerprint density at radius 3 is 2.60 bits per heavy atom. The highest BCUT2D eigenvalue weighted by Gasteiger charge is 2.33. The molecule has 3 amide bonds. The molecule has 186 valence electrons. The number of carbonyl (C=O) groups excluding carboxylic acids is 3. The molecular weight excluding hydrogens is 486 g/mol. The van der Waals surface area contributed by atoms with E-state index in [1.54, 1.807) is 56.0 Å². The summed E-state index contributed by atoms with van der Waals surface area (Å²) in [6.07, 6.45) is 1.74. The van der Waals surface area contributed by atoms with E-state index in [1.807, 2.05) is 18.2 Å². The van der Waals surface area contributed by atoms with Crippen molar-refractivity contribution in [3.8, 4) is 0 Å². The number of rotatable bonds is 7. The van der Waals surface area contributed by atoms with E-state index >= 15 is 0 Å². The van der Waals surface area contributed by atoms with Gasteiger partial charge in [0, 0.05) is 27.8 Å². The van der Waals surface area contributed by atoms with E-state index in [9.17, 15) is 14.4 Å². The maximum atomic E-state index is 13.7. The predicted octanol–water partition coefficient (Wildman–Crippen LogP) is 5.18. The van der Waals surface area contributed by atoms with Crippen LogP contribution in [0.5, 0.6) is 0 Å². The van der Waals surface area contributed by atoms with E-state index in [-0.39, 0.29) is 18.4 Å². The van der Waals surface area contributed by atoms with Crippen LogP contribution in [0.15, 0.2) is 60.0 Å². The Bertz CT molecular complexity index is 1100. The molecule has 1 heterocycles. The summed E-state index contributed by atoms with van der Waals surface area (Å²) in [5, 5.41) is 6.16. The largest absolute Gasteiger partial charge is 0.444 e. The third kappa shape index (κ3) is 7.50. The molecule has 0 fully saturated rings. The lowest BCUT2D eigenvalue weighted by atomic mass is 10.1. The smallest absolute Gasteiger partial charge is 0.408 e. The number of halogens is 1. The first-order valence-corrected chi connectivity index (χ1v) is 12.6. The van der Waals surface area contributed by atoms with E-state index in [1.165, 1.54) is 11.8 Å². The summed E-state index contributed by atoms with van der Waals surface area (Å²) in [7, 11) is 0. The maximum Gasteiger partial charge on any atom is 0.408 e. The van der Waals surface area contributed by atoms with Crippen LogP contribution >= 0.6 is 23.4 Å². The molecule has 0 aromatic heterocycles. The third-order valence-electron chi connectivity index (χ3n) is 5.06. The molecular formula is C26H30ClN3O4S. The molecule has 1 aliphatic rings. The van der Waals surface area contributed by atoms with Gasteiger partial charge in [-0.2, -0.15) is 0 Å². The maximum absolute atomic E-state index is 13.7. The van der Waals surface area contributed by atoms with Crippen molar-refractivity contribution in [3.63, 3.8) is 0 Å². The van der Waals surface area contributed by atoms with Gasteiger partial charge in [-0.05, 0) is 63.1 Å². The van der Waals surface area contributed by atoms with Gasteiger partial charge in [-0.1, -0.05) is 29.8 Å². The van der Waals surface area contributed by atoms with Crippen LogP contribution in [0.3, 0.4) is 0 Å². The van der Waals surface area contributed by atoms with Gasteiger partial charge in [-0.3, -0.25) is 9.59 Å². The molecule has 1 atom stereocenters. The van der Waals surface area contributed by atoms with Crippen molar-refractivity contribution < 1.29 is 19.1 Å². The molecule has 7 nitrogen and oxygen atoms in total. The molecule has 0 spiro atoms. The lowest BCUT2D eigenvalue weighted by Crippen LogP contribution is -2.50. The molecule has 9 heteroatoms. The van der Waals surface area contributed by atoms with E-state index in [4.69, 9.17) is 16.3 Å². The zero-order valence-corrected chi connectivity index (χ0v) is 21.7. The van der Waals surface area contributed by atoms with Gasteiger partial charge in [-0.25, -0.2) is 4.79 Å². The van der Waals surface area contributed by atoms with E-state index in [0.29, 0.717) is 35.0 Å². The number of alkyl carbamates (subject to hydrolysis) is 1. The van der Waals surface area contributed by atoms with Crippen LogP contribution in [0.2, 0.25) is 5.02 Å². The van der Waals surface area contributed by atoms with Crippen molar-refractivity contribution in [1.29, 1.82) is 0 Å². The Balaban J connectivity index is 1.93. The van der Waals surface area contributed by atoms with Crippen molar-refractivity contribution in [3.05, 3.63) is 71.3 Å². The number of benzene rings is 2. The van der Waals surface area contributed by atoms with Gasteiger partial charge in [0.05, 0.1) is 12.2 Å². The molecule has 2 aromatic carbocycles. The topological polar surface area (TPSA) is 87.7 Å². The van der Waals surface area contributed by atoms with Gasteiger partial charge < -0.3 is 20.3 Å². The summed E-state index contributed by atoms with van der Waals surface area (Å²) in [6.45, 7) is 9.68. The predicted molar refractivity (Wildman–Crippen MR) is 140 cm³/mol. The van der Waals surface area contributed by atoms with Crippen molar-refractivity contribution in [1.82, 2.24) is 10.6 Å². The van der Waals surface area contributed by atoms with Crippen LogP contribution in [0.25, 0.3) is 0 Å². The van der Waals surface area contributed by atoms with Gasteiger partial charge in [-0.15, -0.1) is 18.3 Å². The molecule has 0 saturated carbocycles. The number of amides is 3. The van der Waals surface area contributed by atoms with Gasteiger partial charge in [0.15, 0.2) is 0 Å². The second kappa shape index (κ2) is 11.6. The highest BCUT2D eigenvalue weighted by Crippen LogP contribution is 2.36. The molecule has 2 N–H and O–H groups in total. The fourth-order valence-corrected chi connectivity index (χ4v) is 4.60. The van der Waals surface area contributed by atoms with Crippen molar-refractivity contribution >= 4 is 47.0 Å². The zero-order valence-electron chi connectivity index (χ0n) is 20.1. The highest BCUT2D eigenvalue weighted by molar-refractivity contribution is 7.99. The third-order valence-corrected chi connectivity index (χ3v) is 6.47. The average Bonchev–Trinajstić information content (AvgIpc) is 2.91. The fraction of sp³-hybridized carbons (Fsp3) is 0.346. The van der Waals surface area contributed by atoms with Crippen molar-refractivity contribution in [2.75, 3.05) is 17.2 Å². The molecule has 0 radical (unpaired) electrons. The summed E-state index contributed by atoms with van der Waals surface area (Å²) in [5.41, 5.74) is 1.23. The van der Waals surface area contributed by atoms with Crippen LogP contribution < -0.4 is 15.5 Å². The Morgan fingerprint density at radius 1 is 1.23 bits per heavy atom. The summed E-state index contributed by atoms with van der Waals surface area (Å²) < 4.78 is 5.37. The molecule has 0 saturated heterocycles.